The first-order chi connectivity index (χ1) is 6.77. The minimum Gasteiger partial charge on any atom is -0.166 e. The molecule has 0 amide bonds. The Kier molecular flexibility index (Phi) is 3.38. The lowest BCUT2D eigenvalue weighted by Crippen LogP contribution is -2.30. The number of halogens is 2. The van der Waals surface area contributed by atoms with Gasteiger partial charge >= 0.3 is 0 Å². The first kappa shape index (κ1) is 10.4. The molecule has 0 aliphatic rings. The SMILES string of the molecule is Ic1ccc(-[n+]2ccccc2)c(I)c1. The molecule has 70 valence electrons. The Bertz CT molecular complexity index is 440. The number of benzene rings is 1. The van der Waals surface area contributed by atoms with Crippen molar-refractivity contribution < 1.29 is 4.57 Å². The summed E-state index contributed by atoms with van der Waals surface area (Å²) >= 11 is 4.69. The van der Waals surface area contributed by atoms with Gasteiger partial charge in [0.05, 0.1) is 3.57 Å². The second-order valence-corrected chi connectivity index (χ2v) is 5.29. The highest BCUT2D eigenvalue weighted by Crippen LogP contribution is 2.15. The molecule has 0 spiro atoms. The summed E-state index contributed by atoms with van der Waals surface area (Å²) in [7, 11) is 0. The summed E-state index contributed by atoms with van der Waals surface area (Å²) in [4.78, 5) is 0. The maximum Gasteiger partial charge on any atom is 0.224 e. The summed E-state index contributed by atoms with van der Waals surface area (Å²) in [6, 6.07) is 12.5. The Balaban J connectivity index is 2.53. The average Bonchev–Trinajstić information content (AvgIpc) is 2.19. The van der Waals surface area contributed by atoms with Gasteiger partial charge in [0.25, 0.3) is 0 Å². The molecular weight excluding hydrogens is 400 g/mol. The van der Waals surface area contributed by atoms with E-state index in [0.717, 1.165) is 0 Å². The van der Waals surface area contributed by atoms with Gasteiger partial charge in [0.1, 0.15) is 0 Å². The quantitative estimate of drug-likeness (QED) is 0.505. The molecule has 0 N–H and O–H groups in total. The summed E-state index contributed by atoms with van der Waals surface area (Å²) in [6.07, 6.45) is 4.12. The molecule has 0 aliphatic carbocycles. The lowest BCUT2D eigenvalue weighted by atomic mass is 10.3. The lowest BCUT2D eigenvalue weighted by molar-refractivity contribution is -0.596. The van der Waals surface area contributed by atoms with Crippen molar-refractivity contribution in [3.05, 3.63) is 55.9 Å². The molecule has 0 saturated heterocycles. The third kappa shape index (κ3) is 2.25. The fourth-order valence-corrected chi connectivity index (χ4v) is 3.13. The number of pyridine rings is 1. The molecule has 1 nitrogen and oxygen atoms in total. The fourth-order valence-electron chi connectivity index (χ4n) is 1.25. The number of nitrogens with zero attached hydrogens (tertiary/aromatic N) is 1. The molecular formula is C11H8I2N+. The summed E-state index contributed by atoms with van der Waals surface area (Å²) in [5, 5.41) is 0. The molecule has 0 saturated carbocycles. The van der Waals surface area contributed by atoms with E-state index in [9.17, 15) is 0 Å². The minimum atomic E-state index is 1.23. The van der Waals surface area contributed by atoms with Crippen LogP contribution in [0.25, 0.3) is 5.69 Å². The van der Waals surface area contributed by atoms with Crippen molar-refractivity contribution in [2.75, 3.05) is 0 Å². The van der Waals surface area contributed by atoms with E-state index in [0.29, 0.717) is 0 Å². The number of hydrogen-bond donors (Lipinski definition) is 0. The molecule has 1 heterocycles. The van der Waals surface area contributed by atoms with E-state index in [1.165, 1.54) is 12.8 Å². The van der Waals surface area contributed by atoms with Gasteiger partial charge in [-0.2, -0.15) is 4.57 Å². The van der Waals surface area contributed by atoms with E-state index in [2.05, 4.69) is 80.3 Å². The smallest absolute Gasteiger partial charge is 0.166 e. The molecule has 2 rings (SSSR count). The summed E-state index contributed by atoms with van der Waals surface area (Å²) < 4.78 is 4.66. The zero-order valence-corrected chi connectivity index (χ0v) is 11.6. The van der Waals surface area contributed by atoms with Crippen molar-refractivity contribution in [1.29, 1.82) is 0 Å². The largest absolute Gasteiger partial charge is 0.224 e. The summed E-state index contributed by atoms with van der Waals surface area (Å²) in [5.41, 5.74) is 1.23. The van der Waals surface area contributed by atoms with Crippen LogP contribution in [0.4, 0.5) is 0 Å². The van der Waals surface area contributed by atoms with Gasteiger partial charge in [-0.3, -0.25) is 0 Å². The van der Waals surface area contributed by atoms with Crippen LogP contribution in [0, 0.1) is 7.14 Å². The van der Waals surface area contributed by atoms with Crippen molar-refractivity contribution in [2.24, 2.45) is 0 Å². The van der Waals surface area contributed by atoms with Crippen molar-refractivity contribution in [3.63, 3.8) is 0 Å². The average molecular weight is 408 g/mol. The Hall–Kier alpha value is -0.170. The van der Waals surface area contributed by atoms with Gasteiger partial charge in [0.2, 0.25) is 5.69 Å². The van der Waals surface area contributed by atoms with Gasteiger partial charge in [0.15, 0.2) is 12.4 Å². The van der Waals surface area contributed by atoms with Gasteiger partial charge in [-0.15, -0.1) is 0 Å². The Labute approximate surface area is 110 Å². The van der Waals surface area contributed by atoms with Crippen LogP contribution in [0.5, 0.6) is 0 Å². The standard InChI is InChI=1S/C11H8I2N/c12-9-4-5-11(10(13)8-9)14-6-2-1-3-7-14/h1-8H/q+1. The maximum atomic E-state index is 2.36. The first-order valence-corrected chi connectivity index (χ1v) is 6.35. The van der Waals surface area contributed by atoms with Crippen molar-refractivity contribution in [1.82, 2.24) is 0 Å². The van der Waals surface area contributed by atoms with Crippen LogP contribution in [-0.4, -0.2) is 0 Å². The van der Waals surface area contributed by atoms with Gasteiger partial charge in [-0.1, -0.05) is 6.07 Å². The molecule has 0 bridgehead atoms. The highest BCUT2D eigenvalue weighted by Gasteiger charge is 2.09. The number of hydrogen-bond acceptors (Lipinski definition) is 0. The first-order valence-electron chi connectivity index (χ1n) is 4.19. The molecule has 0 radical (unpaired) electrons. The predicted molar refractivity (Wildman–Crippen MR) is 73.4 cm³/mol. The van der Waals surface area contributed by atoms with Gasteiger partial charge in [0, 0.05) is 21.8 Å². The number of aromatic nitrogens is 1. The molecule has 0 unspecified atom stereocenters. The van der Waals surface area contributed by atoms with Crippen LogP contribution in [0.15, 0.2) is 48.8 Å². The molecule has 3 heteroatoms. The predicted octanol–water partition coefficient (Wildman–Crippen LogP) is 3.17. The second-order valence-electron chi connectivity index (χ2n) is 2.88. The normalized spacial score (nSPS) is 10.1. The third-order valence-electron chi connectivity index (χ3n) is 1.90. The monoisotopic (exact) mass is 408 g/mol. The Morgan fingerprint density at radius 2 is 1.64 bits per heavy atom. The van der Waals surface area contributed by atoms with Gasteiger partial charge < -0.3 is 0 Å². The van der Waals surface area contributed by atoms with E-state index in [1.807, 2.05) is 18.2 Å². The van der Waals surface area contributed by atoms with Crippen LogP contribution in [0.3, 0.4) is 0 Å². The lowest BCUT2D eigenvalue weighted by Gasteiger charge is -1.98. The van der Waals surface area contributed by atoms with Crippen LogP contribution in [0.2, 0.25) is 0 Å². The van der Waals surface area contributed by atoms with Crippen molar-refractivity contribution in [2.45, 2.75) is 0 Å². The summed E-state index contributed by atoms with van der Waals surface area (Å²) in [5.74, 6) is 0. The van der Waals surface area contributed by atoms with E-state index in [4.69, 9.17) is 0 Å². The van der Waals surface area contributed by atoms with E-state index >= 15 is 0 Å². The zero-order chi connectivity index (χ0) is 9.97. The van der Waals surface area contributed by atoms with Crippen LogP contribution < -0.4 is 4.57 Å². The minimum absolute atomic E-state index is 1.23. The Morgan fingerprint density at radius 1 is 0.929 bits per heavy atom. The van der Waals surface area contributed by atoms with Crippen LogP contribution in [-0.2, 0) is 0 Å². The van der Waals surface area contributed by atoms with E-state index in [-0.39, 0.29) is 0 Å². The molecule has 0 fully saturated rings. The molecule has 14 heavy (non-hydrogen) atoms. The summed E-state index contributed by atoms with van der Waals surface area (Å²) in [6.45, 7) is 0. The number of rotatable bonds is 1. The highest BCUT2D eigenvalue weighted by atomic mass is 127. The van der Waals surface area contributed by atoms with E-state index in [1.54, 1.807) is 0 Å². The second kappa shape index (κ2) is 4.57. The Morgan fingerprint density at radius 3 is 2.29 bits per heavy atom. The topological polar surface area (TPSA) is 3.88 Å². The maximum absolute atomic E-state index is 2.36. The molecule has 0 aliphatic heterocycles. The molecule has 1 aromatic heterocycles. The van der Waals surface area contributed by atoms with Crippen molar-refractivity contribution >= 4 is 45.2 Å². The molecule has 0 atom stereocenters. The van der Waals surface area contributed by atoms with E-state index < -0.39 is 0 Å². The van der Waals surface area contributed by atoms with Gasteiger partial charge in [-0.05, 0) is 57.3 Å². The van der Waals surface area contributed by atoms with Crippen LogP contribution in [0.1, 0.15) is 0 Å². The third-order valence-corrected chi connectivity index (χ3v) is 3.44. The van der Waals surface area contributed by atoms with Gasteiger partial charge in [-0.25, -0.2) is 0 Å². The van der Waals surface area contributed by atoms with Crippen LogP contribution >= 0.6 is 45.2 Å². The van der Waals surface area contributed by atoms with Crippen molar-refractivity contribution in [3.8, 4) is 5.69 Å². The fraction of sp³-hybridized carbons (Fsp3) is 0. The molecule has 1 aromatic carbocycles. The highest BCUT2D eigenvalue weighted by molar-refractivity contribution is 14.1. The zero-order valence-electron chi connectivity index (χ0n) is 7.32. The molecule has 2 aromatic rings.